The molecule has 0 saturated carbocycles. The molecule has 37 heavy (non-hydrogen) atoms. The molecule has 2 heterocycles. The van der Waals surface area contributed by atoms with Crippen LogP contribution in [0, 0.1) is 18.3 Å². The van der Waals surface area contributed by atoms with E-state index < -0.39 is 29.0 Å². The Kier molecular flexibility index (Phi) is 6.31. The summed E-state index contributed by atoms with van der Waals surface area (Å²) in [6.45, 7) is 1.38. The van der Waals surface area contributed by atoms with Gasteiger partial charge in [0.2, 0.25) is 0 Å². The molecule has 12 heteroatoms. The van der Waals surface area contributed by atoms with Crippen LogP contribution in [0.2, 0.25) is 0 Å². The average Bonchev–Trinajstić information content (AvgIpc) is 3.31. The van der Waals surface area contributed by atoms with Gasteiger partial charge < -0.3 is 4.74 Å². The molecule has 2 aromatic carbocycles. The van der Waals surface area contributed by atoms with Crippen LogP contribution in [0.25, 0.3) is 22.6 Å². The zero-order chi connectivity index (χ0) is 27.1. The highest BCUT2D eigenvalue weighted by molar-refractivity contribution is 5.96. The lowest BCUT2D eigenvalue weighted by Gasteiger charge is -2.18. The van der Waals surface area contributed by atoms with Crippen molar-refractivity contribution in [1.82, 2.24) is 18.9 Å². The van der Waals surface area contributed by atoms with Crippen molar-refractivity contribution in [3.05, 3.63) is 98.0 Å². The molecular formula is C25H18F3N5O4. The molecule has 0 bridgehead atoms. The van der Waals surface area contributed by atoms with Crippen molar-refractivity contribution in [1.29, 1.82) is 5.26 Å². The van der Waals surface area contributed by atoms with Gasteiger partial charge in [0, 0.05) is 12.7 Å². The lowest BCUT2D eigenvalue weighted by atomic mass is 10.1. The van der Waals surface area contributed by atoms with E-state index in [2.05, 4.69) is 5.10 Å². The first-order chi connectivity index (χ1) is 17.5. The highest BCUT2D eigenvalue weighted by Gasteiger charge is 2.32. The van der Waals surface area contributed by atoms with Crippen LogP contribution in [0.5, 0.6) is 0 Å². The number of carbonyl (C=O) groups excluding carboxylic acids is 1. The van der Waals surface area contributed by atoms with E-state index in [1.165, 1.54) is 43.0 Å². The van der Waals surface area contributed by atoms with Crippen LogP contribution in [0.3, 0.4) is 0 Å². The largest absolute Gasteiger partial charge is 0.465 e. The quantitative estimate of drug-likeness (QED) is 0.390. The van der Waals surface area contributed by atoms with Crippen LogP contribution in [-0.2, 0) is 18.0 Å². The number of nitriles is 1. The molecule has 0 amide bonds. The van der Waals surface area contributed by atoms with Crippen LogP contribution >= 0.6 is 0 Å². The SMILES string of the molecule is COC(=O)c1cnn(-c2ccc(C#N)cc2)c1-c1c(C)n(-c2cccc(C(F)(F)F)c2)c(=O)n(C)c1=O. The third kappa shape index (κ3) is 4.31. The summed E-state index contributed by atoms with van der Waals surface area (Å²) in [7, 11) is 2.32. The number of hydrogen-bond donors (Lipinski definition) is 0. The molecule has 9 nitrogen and oxygen atoms in total. The fraction of sp³-hybridized carbons (Fsp3) is 0.160. The molecular weight excluding hydrogens is 491 g/mol. The number of aromatic nitrogens is 4. The molecule has 0 aliphatic heterocycles. The lowest BCUT2D eigenvalue weighted by molar-refractivity contribution is -0.137. The molecule has 0 fully saturated rings. The fourth-order valence-electron chi connectivity index (χ4n) is 3.93. The van der Waals surface area contributed by atoms with Crippen LogP contribution in [-0.4, -0.2) is 32.0 Å². The maximum Gasteiger partial charge on any atom is 0.416 e. The molecule has 0 N–H and O–H groups in total. The Morgan fingerprint density at radius 2 is 1.76 bits per heavy atom. The Morgan fingerprint density at radius 3 is 2.35 bits per heavy atom. The van der Waals surface area contributed by atoms with Crippen molar-refractivity contribution < 1.29 is 22.7 Å². The first kappa shape index (κ1) is 25.2. The highest BCUT2D eigenvalue weighted by Crippen LogP contribution is 2.32. The first-order valence-electron chi connectivity index (χ1n) is 10.7. The summed E-state index contributed by atoms with van der Waals surface area (Å²) in [5.74, 6) is -0.826. The smallest absolute Gasteiger partial charge is 0.416 e. The van der Waals surface area contributed by atoms with E-state index in [9.17, 15) is 27.6 Å². The molecule has 0 unspecified atom stereocenters. The summed E-state index contributed by atoms with van der Waals surface area (Å²) in [6.07, 6.45) is -3.48. The predicted molar refractivity (Wildman–Crippen MR) is 126 cm³/mol. The molecule has 0 aliphatic carbocycles. The van der Waals surface area contributed by atoms with Gasteiger partial charge in [-0.25, -0.2) is 14.3 Å². The monoisotopic (exact) mass is 509 g/mol. The van der Waals surface area contributed by atoms with Gasteiger partial charge in [-0.2, -0.15) is 23.5 Å². The Hall–Kier alpha value is -4.92. The number of ether oxygens (including phenoxy) is 1. The molecule has 0 atom stereocenters. The predicted octanol–water partition coefficient (Wildman–Crippen LogP) is 3.37. The number of halogens is 3. The summed E-state index contributed by atoms with van der Waals surface area (Å²) < 4.78 is 47.9. The van der Waals surface area contributed by atoms with Gasteiger partial charge in [0.15, 0.2) is 0 Å². The van der Waals surface area contributed by atoms with Crippen molar-refractivity contribution in [2.24, 2.45) is 7.05 Å². The first-order valence-corrected chi connectivity index (χ1v) is 10.7. The minimum Gasteiger partial charge on any atom is -0.465 e. The summed E-state index contributed by atoms with van der Waals surface area (Å²) >= 11 is 0. The number of benzene rings is 2. The number of carbonyl (C=O) groups is 1. The van der Waals surface area contributed by atoms with Gasteiger partial charge in [-0.1, -0.05) is 6.07 Å². The highest BCUT2D eigenvalue weighted by atomic mass is 19.4. The molecule has 0 saturated heterocycles. The van der Waals surface area contributed by atoms with E-state index in [1.54, 1.807) is 12.1 Å². The van der Waals surface area contributed by atoms with Crippen molar-refractivity contribution >= 4 is 5.97 Å². The van der Waals surface area contributed by atoms with E-state index in [0.717, 1.165) is 34.4 Å². The van der Waals surface area contributed by atoms with E-state index in [4.69, 9.17) is 10.00 Å². The minimum absolute atomic E-state index is 0.0204. The Balaban J connectivity index is 2.09. The maximum atomic E-state index is 13.4. The van der Waals surface area contributed by atoms with Crippen molar-refractivity contribution in [3.8, 4) is 28.7 Å². The minimum atomic E-state index is -4.66. The van der Waals surface area contributed by atoms with Gasteiger partial charge in [-0.3, -0.25) is 13.9 Å². The maximum absolute atomic E-state index is 13.4. The van der Waals surface area contributed by atoms with Gasteiger partial charge in [0.05, 0.1) is 53.1 Å². The summed E-state index contributed by atoms with van der Waals surface area (Å²) in [5, 5.41) is 13.3. The molecule has 2 aromatic heterocycles. The normalized spacial score (nSPS) is 11.3. The second kappa shape index (κ2) is 9.27. The van der Waals surface area contributed by atoms with Crippen LogP contribution in [0.15, 0.2) is 64.3 Å². The second-order valence-corrected chi connectivity index (χ2v) is 7.96. The summed E-state index contributed by atoms with van der Waals surface area (Å²) in [5.41, 5.74) is -2.37. The van der Waals surface area contributed by atoms with Gasteiger partial charge in [-0.05, 0) is 49.4 Å². The van der Waals surface area contributed by atoms with Crippen LogP contribution in [0.1, 0.15) is 27.2 Å². The molecule has 0 radical (unpaired) electrons. The fourth-order valence-corrected chi connectivity index (χ4v) is 3.93. The topological polar surface area (TPSA) is 112 Å². The Labute approximate surface area is 207 Å². The molecule has 188 valence electrons. The Morgan fingerprint density at radius 1 is 1.08 bits per heavy atom. The third-order valence-electron chi connectivity index (χ3n) is 5.78. The zero-order valence-electron chi connectivity index (χ0n) is 19.7. The van der Waals surface area contributed by atoms with Gasteiger partial charge in [0.25, 0.3) is 5.56 Å². The number of nitrogens with zero attached hydrogens (tertiary/aromatic N) is 5. The number of alkyl halides is 3. The Bertz CT molecular complexity index is 1690. The van der Waals surface area contributed by atoms with Crippen LogP contribution < -0.4 is 11.2 Å². The average molecular weight is 509 g/mol. The zero-order valence-corrected chi connectivity index (χ0v) is 19.7. The van der Waals surface area contributed by atoms with Crippen molar-refractivity contribution in [3.63, 3.8) is 0 Å². The number of methoxy groups -OCH3 is 1. The molecule has 4 rings (SSSR count). The molecule has 0 spiro atoms. The number of rotatable bonds is 4. The van der Waals surface area contributed by atoms with E-state index in [1.807, 2.05) is 6.07 Å². The third-order valence-corrected chi connectivity index (χ3v) is 5.78. The standard InChI is InChI=1S/C25H18F3N5O4/c1-14-20(21-19(23(35)37-3)13-30-33(21)17-9-7-15(12-29)8-10-17)22(34)31(2)24(36)32(14)18-6-4-5-16(11-18)25(26,27)28/h4-11,13H,1-3H3. The van der Waals surface area contributed by atoms with E-state index >= 15 is 0 Å². The van der Waals surface area contributed by atoms with E-state index in [0.29, 0.717) is 11.3 Å². The lowest BCUT2D eigenvalue weighted by Crippen LogP contribution is -2.40. The van der Waals surface area contributed by atoms with Crippen LogP contribution in [0.4, 0.5) is 13.2 Å². The van der Waals surface area contributed by atoms with Gasteiger partial charge >= 0.3 is 17.8 Å². The molecule has 0 aliphatic rings. The molecule has 4 aromatic rings. The van der Waals surface area contributed by atoms with Gasteiger partial charge in [-0.15, -0.1) is 0 Å². The summed E-state index contributed by atoms with van der Waals surface area (Å²) in [4.78, 5) is 39.1. The van der Waals surface area contributed by atoms with E-state index in [-0.39, 0.29) is 28.2 Å². The number of esters is 1. The second-order valence-electron chi connectivity index (χ2n) is 7.96. The van der Waals surface area contributed by atoms with Crippen molar-refractivity contribution in [2.45, 2.75) is 13.1 Å². The van der Waals surface area contributed by atoms with Crippen molar-refractivity contribution in [2.75, 3.05) is 7.11 Å². The number of hydrogen-bond acceptors (Lipinski definition) is 6. The van der Waals surface area contributed by atoms with Gasteiger partial charge in [0.1, 0.15) is 5.56 Å². The summed E-state index contributed by atoms with van der Waals surface area (Å²) in [6, 6.07) is 12.2.